The fraction of sp³-hybridized carbons (Fsp3) is 0.435. The zero-order valence-corrected chi connectivity index (χ0v) is 16.3. The van der Waals surface area contributed by atoms with Crippen LogP contribution in [0.1, 0.15) is 46.3 Å². The first-order chi connectivity index (χ1) is 13.7. The van der Waals surface area contributed by atoms with Gasteiger partial charge in [-0.3, -0.25) is 19.5 Å². The van der Waals surface area contributed by atoms with Crippen molar-refractivity contribution < 1.29 is 9.59 Å². The first-order valence-corrected chi connectivity index (χ1v) is 10.2. The molecule has 0 atom stereocenters. The van der Waals surface area contributed by atoms with Gasteiger partial charge in [-0.05, 0) is 48.1 Å². The summed E-state index contributed by atoms with van der Waals surface area (Å²) in [6, 6.07) is 10.1. The quantitative estimate of drug-likeness (QED) is 0.727. The monoisotopic (exact) mass is 377 g/mol. The number of nitrogens with zero attached hydrogens (tertiary/aromatic N) is 3. The van der Waals surface area contributed by atoms with E-state index in [-0.39, 0.29) is 11.7 Å². The molecule has 2 aliphatic rings. The SMILES string of the molecule is O=C(CCC(=O)N1CCN(Cc2cccnc2)CC1)c1ccc2c(c1)CCC2. The third-order valence-corrected chi connectivity index (χ3v) is 5.84. The lowest BCUT2D eigenvalue weighted by Gasteiger charge is -2.34. The minimum atomic E-state index is 0.0817. The number of amides is 1. The average molecular weight is 377 g/mol. The maximum Gasteiger partial charge on any atom is 0.223 e. The second-order valence-corrected chi connectivity index (χ2v) is 7.78. The minimum Gasteiger partial charge on any atom is -0.340 e. The third-order valence-electron chi connectivity index (χ3n) is 5.84. The lowest BCUT2D eigenvalue weighted by molar-refractivity contribution is -0.132. The summed E-state index contributed by atoms with van der Waals surface area (Å²) in [6.07, 6.45) is 7.64. The van der Waals surface area contributed by atoms with Crippen molar-refractivity contribution in [3.8, 4) is 0 Å². The van der Waals surface area contributed by atoms with Crippen molar-refractivity contribution in [3.05, 3.63) is 65.0 Å². The minimum absolute atomic E-state index is 0.0817. The van der Waals surface area contributed by atoms with E-state index in [4.69, 9.17) is 0 Å². The first kappa shape index (κ1) is 18.8. The topological polar surface area (TPSA) is 53.5 Å². The highest BCUT2D eigenvalue weighted by atomic mass is 16.2. The van der Waals surface area contributed by atoms with Gasteiger partial charge in [-0.1, -0.05) is 18.2 Å². The highest BCUT2D eigenvalue weighted by Crippen LogP contribution is 2.23. The van der Waals surface area contributed by atoms with Gasteiger partial charge in [0.15, 0.2) is 5.78 Å². The Morgan fingerprint density at radius 3 is 2.57 bits per heavy atom. The van der Waals surface area contributed by atoms with Gasteiger partial charge in [-0.2, -0.15) is 0 Å². The molecule has 28 heavy (non-hydrogen) atoms. The maximum absolute atomic E-state index is 12.5. The van der Waals surface area contributed by atoms with Crippen LogP contribution in [-0.4, -0.2) is 52.7 Å². The molecule has 1 aliphatic heterocycles. The Labute approximate surface area is 166 Å². The molecule has 1 aromatic heterocycles. The number of fused-ring (bicyclic) bond motifs is 1. The van der Waals surface area contributed by atoms with Gasteiger partial charge in [0.1, 0.15) is 0 Å². The lowest BCUT2D eigenvalue weighted by Crippen LogP contribution is -2.48. The number of hydrogen-bond donors (Lipinski definition) is 0. The van der Waals surface area contributed by atoms with Crippen LogP contribution in [0.2, 0.25) is 0 Å². The molecule has 0 unspecified atom stereocenters. The number of piperazine rings is 1. The molecule has 0 spiro atoms. The van der Waals surface area contributed by atoms with Crippen LogP contribution in [0, 0.1) is 0 Å². The highest BCUT2D eigenvalue weighted by Gasteiger charge is 2.22. The van der Waals surface area contributed by atoms with Crippen molar-refractivity contribution in [2.75, 3.05) is 26.2 Å². The molecule has 4 rings (SSSR count). The maximum atomic E-state index is 12.5. The van der Waals surface area contributed by atoms with Gasteiger partial charge in [-0.15, -0.1) is 0 Å². The number of aryl methyl sites for hydroxylation is 2. The molecule has 0 bridgehead atoms. The van der Waals surface area contributed by atoms with Crippen LogP contribution in [0.3, 0.4) is 0 Å². The number of rotatable bonds is 6. The predicted molar refractivity (Wildman–Crippen MR) is 108 cm³/mol. The molecular formula is C23H27N3O2. The number of aromatic nitrogens is 1. The van der Waals surface area contributed by atoms with Crippen molar-refractivity contribution in [3.63, 3.8) is 0 Å². The average Bonchev–Trinajstić information content (AvgIpc) is 3.21. The Bertz CT molecular complexity index is 842. The van der Waals surface area contributed by atoms with Gasteiger partial charge in [0.25, 0.3) is 0 Å². The normalized spacial score (nSPS) is 16.8. The van der Waals surface area contributed by atoms with Gasteiger partial charge >= 0.3 is 0 Å². The summed E-state index contributed by atoms with van der Waals surface area (Å²) in [5.74, 6) is 0.175. The second kappa shape index (κ2) is 8.65. The van der Waals surface area contributed by atoms with Crippen LogP contribution >= 0.6 is 0 Å². The Morgan fingerprint density at radius 2 is 1.79 bits per heavy atom. The van der Waals surface area contributed by atoms with E-state index in [0.29, 0.717) is 12.8 Å². The van der Waals surface area contributed by atoms with E-state index in [1.165, 1.54) is 23.1 Å². The van der Waals surface area contributed by atoms with Gasteiger partial charge in [0.2, 0.25) is 5.91 Å². The molecule has 5 heteroatoms. The van der Waals surface area contributed by atoms with Gasteiger partial charge in [0, 0.05) is 63.5 Å². The zero-order valence-electron chi connectivity index (χ0n) is 16.3. The fourth-order valence-corrected chi connectivity index (χ4v) is 4.17. The summed E-state index contributed by atoms with van der Waals surface area (Å²) in [5, 5.41) is 0. The summed E-state index contributed by atoms with van der Waals surface area (Å²) in [4.78, 5) is 33.4. The Kier molecular flexibility index (Phi) is 5.81. The summed E-state index contributed by atoms with van der Waals surface area (Å²) in [6.45, 7) is 4.05. The van der Waals surface area contributed by atoms with E-state index in [1.54, 1.807) is 6.20 Å². The summed E-state index contributed by atoms with van der Waals surface area (Å²) in [7, 11) is 0. The van der Waals surface area contributed by atoms with Crippen molar-refractivity contribution in [2.45, 2.75) is 38.6 Å². The smallest absolute Gasteiger partial charge is 0.223 e. The number of carbonyl (C=O) groups excluding carboxylic acids is 2. The van der Waals surface area contributed by atoms with Crippen LogP contribution in [0.4, 0.5) is 0 Å². The third kappa shape index (κ3) is 4.47. The molecule has 1 aliphatic carbocycles. The van der Waals surface area contributed by atoms with E-state index in [0.717, 1.165) is 51.1 Å². The van der Waals surface area contributed by atoms with Gasteiger partial charge in [0.05, 0.1) is 0 Å². The van der Waals surface area contributed by atoms with Crippen molar-refractivity contribution >= 4 is 11.7 Å². The molecule has 146 valence electrons. The molecule has 0 saturated carbocycles. The van der Waals surface area contributed by atoms with Crippen LogP contribution in [0.15, 0.2) is 42.7 Å². The van der Waals surface area contributed by atoms with Crippen LogP contribution in [-0.2, 0) is 24.2 Å². The molecule has 1 amide bonds. The van der Waals surface area contributed by atoms with E-state index in [9.17, 15) is 9.59 Å². The largest absolute Gasteiger partial charge is 0.340 e. The van der Waals surface area contributed by atoms with Crippen LogP contribution < -0.4 is 0 Å². The first-order valence-electron chi connectivity index (χ1n) is 10.2. The molecule has 0 radical (unpaired) electrons. The van der Waals surface area contributed by atoms with E-state index in [1.807, 2.05) is 29.3 Å². The molecule has 2 heterocycles. The summed E-state index contributed by atoms with van der Waals surface area (Å²) >= 11 is 0. The van der Waals surface area contributed by atoms with Gasteiger partial charge in [-0.25, -0.2) is 0 Å². The predicted octanol–water partition coefficient (Wildman–Crippen LogP) is 2.88. The van der Waals surface area contributed by atoms with E-state index in [2.05, 4.69) is 22.0 Å². The number of pyridine rings is 1. The Morgan fingerprint density at radius 1 is 0.964 bits per heavy atom. The standard InChI is InChI=1S/C23H27N3O2/c27-22(21-7-6-19-4-1-5-20(19)15-21)8-9-23(28)26-13-11-25(12-14-26)17-18-3-2-10-24-16-18/h2-3,6-7,10,15-16H,1,4-5,8-9,11-14,17H2. The molecule has 1 saturated heterocycles. The van der Waals surface area contributed by atoms with E-state index < -0.39 is 0 Å². The second-order valence-electron chi connectivity index (χ2n) is 7.78. The van der Waals surface area contributed by atoms with Gasteiger partial charge < -0.3 is 4.90 Å². The summed E-state index contributed by atoms with van der Waals surface area (Å²) < 4.78 is 0. The Hall–Kier alpha value is -2.53. The number of benzene rings is 1. The Balaban J connectivity index is 1.23. The molecule has 0 N–H and O–H groups in total. The zero-order chi connectivity index (χ0) is 19.3. The van der Waals surface area contributed by atoms with Crippen molar-refractivity contribution in [1.29, 1.82) is 0 Å². The number of carbonyl (C=O) groups is 2. The van der Waals surface area contributed by atoms with Crippen molar-refractivity contribution in [2.24, 2.45) is 0 Å². The number of ketones is 1. The number of hydrogen-bond acceptors (Lipinski definition) is 4. The molecule has 2 aromatic rings. The molecule has 1 fully saturated rings. The summed E-state index contributed by atoms with van der Waals surface area (Å²) in [5.41, 5.74) is 4.63. The molecule has 5 nitrogen and oxygen atoms in total. The van der Waals surface area contributed by atoms with Crippen LogP contribution in [0.5, 0.6) is 0 Å². The van der Waals surface area contributed by atoms with Crippen molar-refractivity contribution in [1.82, 2.24) is 14.8 Å². The fourth-order valence-electron chi connectivity index (χ4n) is 4.17. The molecule has 1 aromatic carbocycles. The van der Waals surface area contributed by atoms with Crippen LogP contribution in [0.25, 0.3) is 0 Å². The lowest BCUT2D eigenvalue weighted by atomic mass is 10.0. The number of Topliss-reactive ketones (excluding diaryl/α,β-unsaturated/α-hetero) is 1. The molecular weight excluding hydrogens is 350 g/mol. The highest BCUT2D eigenvalue weighted by molar-refractivity contribution is 5.98. The van der Waals surface area contributed by atoms with E-state index >= 15 is 0 Å².